The van der Waals surface area contributed by atoms with E-state index in [1.54, 1.807) is 19.1 Å². The lowest BCUT2D eigenvalue weighted by Crippen LogP contribution is -2.09. The Morgan fingerprint density at radius 2 is 2.23 bits per heavy atom. The summed E-state index contributed by atoms with van der Waals surface area (Å²) in [4.78, 5) is 0. The lowest BCUT2D eigenvalue weighted by atomic mass is 10.1. The molecule has 0 atom stereocenters. The Hall–Kier alpha value is -1.31. The molecule has 70 valence electrons. The molecule has 0 unspecified atom stereocenters. The van der Waals surface area contributed by atoms with Crippen LogP contribution in [0, 0.1) is 12.7 Å². The van der Waals surface area contributed by atoms with Crippen molar-refractivity contribution in [1.29, 1.82) is 0 Å². The summed E-state index contributed by atoms with van der Waals surface area (Å²) in [7, 11) is 0. The molecule has 1 nitrogen and oxygen atoms in total. The second-order valence-electron chi connectivity index (χ2n) is 3.22. The minimum absolute atomic E-state index is 0.152. The van der Waals surface area contributed by atoms with Crippen LogP contribution in [0.4, 0.5) is 4.39 Å². The van der Waals surface area contributed by atoms with Crippen molar-refractivity contribution in [1.82, 2.24) is 5.32 Å². The molecule has 2 heteroatoms. The van der Waals surface area contributed by atoms with E-state index in [0.29, 0.717) is 12.1 Å². The minimum atomic E-state index is -0.152. The van der Waals surface area contributed by atoms with Gasteiger partial charge in [0.2, 0.25) is 0 Å². The van der Waals surface area contributed by atoms with E-state index < -0.39 is 0 Å². The fourth-order valence-electron chi connectivity index (χ4n) is 0.999. The first-order chi connectivity index (χ1) is 6.09. The Bertz CT molecular complexity index is 318. The summed E-state index contributed by atoms with van der Waals surface area (Å²) in [6.45, 7) is 7.97. The monoisotopic (exact) mass is 179 g/mol. The van der Waals surface area contributed by atoms with Crippen molar-refractivity contribution >= 4 is 0 Å². The highest BCUT2D eigenvalue weighted by Crippen LogP contribution is 2.08. The summed E-state index contributed by atoms with van der Waals surface area (Å²) in [5, 5.41) is 3.05. The van der Waals surface area contributed by atoms with Gasteiger partial charge < -0.3 is 5.32 Å². The first-order valence-corrected chi connectivity index (χ1v) is 4.24. The summed E-state index contributed by atoms with van der Waals surface area (Å²) < 4.78 is 13.1. The predicted octanol–water partition coefficient (Wildman–Crippen LogP) is 2.76. The SMILES string of the molecule is C=C(C)NCc1ccc(C)c(F)c1. The summed E-state index contributed by atoms with van der Waals surface area (Å²) in [5.41, 5.74) is 2.51. The van der Waals surface area contributed by atoms with Crippen molar-refractivity contribution in [2.45, 2.75) is 20.4 Å². The van der Waals surface area contributed by atoms with Crippen LogP contribution in [0.2, 0.25) is 0 Å². The van der Waals surface area contributed by atoms with Gasteiger partial charge in [0, 0.05) is 12.2 Å². The lowest BCUT2D eigenvalue weighted by Gasteiger charge is -2.05. The maximum absolute atomic E-state index is 13.1. The van der Waals surface area contributed by atoms with E-state index in [0.717, 1.165) is 11.3 Å². The molecule has 0 bridgehead atoms. The molecule has 1 aromatic carbocycles. The fraction of sp³-hybridized carbons (Fsp3) is 0.273. The van der Waals surface area contributed by atoms with E-state index in [9.17, 15) is 4.39 Å². The van der Waals surface area contributed by atoms with Crippen molar-refractivity contribution in [3.8, 4) is 0 Å². The lowest BCUT2D eigenvalue weighted by molar-refractivity contribution is 0.614. The van der Waals surface area contributed by atoms with Crippen molar-refractivity contribution in [2.75, 3.05) is 0 Å². The molecule has 0 aliphatic heterocycles. The molecule has 1 N–H and O–H groups in total. The molecule has 0 saturated heterocycles. The highest BCUT2D eigenvalue weighted by molar-refractivity contribution is 5.23. The van der Waals surface area contributed by atoms with Crippen molar-refractivity contribution in [3.05, 3.63) is 47.4 Å². The van der Waals surface area contributed by atoms with Gasteiger partial charge in [0.1, 0.15) is 5.82 Å². The zero-order valence-electron chi connectivity index (χ0n) is 8.02. The third-order valence-corrected chi connectivity index (χ3v) is 1.83. The second kappa shape index (κ2) is 4.08. The van der Waals surface area contributed by atoms with E-state index in [2.05, 4.69) is 11.9 Å². The van der Waals surface area contributed by atoms with Gasteiger partial charge >= 0.3 is 0 Å². The molecule has 13 heavy (non-hydrogen) atoms. The van der Waals surface area contributed by atoms with Crippen LogP contribution in [-0.2, 0) is 6.54 Å². The quantitative estimate of drug-likeness (QED) is 0.752. The highest BCUT2D eigenvalue weighted by Gasteiger charge is 1.98. The van der Waals surface area contributed by atoms with Gasteiger partial charge in [0.25, 0.3) is 0 Å². The first kappa shape index (κ1) is 9.78. The van der Waals surface area contributed by atoms with E-state index in [1.165, 1.54) is 0 Å². The number of hydrogen-bond donors (Lipinski definition) is 1. The smallest absolute Gasteiger partial charge is 0.126 e. The number of benzene rings is 1. The predicted molar refractivity (Wildman–Crippen MR) is 52.8 cm³/mol. The fourth-order valence-corrected chi connectivity index (χ4v) is 0.999. The van der Waals surface area contributed by atoms with Crippen molar-refractivity contribution < 1.29 is 4.39 Å². The van der Waals surface area contributed by atoms with Crippen LogP contribution in [0.1, 0.15) is 18.1 Å². The van der Waals surface area contributed by atoms with Crippen LogP contribution < -0.4 is 5.32 Å². The van der Waals surface area contributed by atoms with E-state index in [1.807, 2.05) is 13.0 Å². The summed E-state index contributed by atoms with van der Waals surface area (Å²) in [6.07, 6.45) is 0. The van der Waals surface area contributed by atoms with E-state index in [4.69, 9.17) is 0 Å². The zero-order chi connectivity index (χ0) is 9.84. The normalized spacial score (nSPS) is 9.77. The van der Waals surface area contributed by atoms with Crippen LogP contribution in [0.3, 0.4) is 0 Å². The molecule has 0 saturated carbocycles. The van der Waals surface area contributed by atoms with E-state index in [-0.39, 0.29) is 5.82 Å². The molecule has 0 spiro atoms. The second-order valence-corrected chi connectivity index (χ2v) is 3.22. The molecule has 1 rings (SSSR count). The Kier molecular flexibility index (Phi) is 3.07. The highest BCUT2D eigenvalue weighted by atomic mass is 19.1. The molecule has 0 aliphatic carbocycles. The van der Waals surface area contributed by atoms with Gasteiger partial charge in [0.05, 0.1) is 0 Å². The average Bonchev–Trinajstić information content (AvgIpc) is 2.07. The first-order valence-electron chi connectivity index (χ1n) is 4.24. The average molecular weight is 179 g/mol. The summed E-state index contributed by atoms with van der Waals surface area (Å²) in [5.74, 6) is -0.152. The van der Waals surface area contributed by atoms with Crippen LogP contribution in [0.5, 0.6) is 0 Å². The van der Waals surface area contributed by atoms with Gasteiger partial charge in [-0.2, -0.15) is 0 Å². The third kappa shape index (κ3) is 2.90. The standard InChI is InChI=1S/C11H14FN/c1-8(2)13-7-10-5-4-9(3)11(12)6-10/h4-6,13H,1,7H2,2-3H3. The van der Waals surface area contributed by atoms with Gasteiger partial charge in [-0.05, 0) is 31.0 Å². The molecule has 0 aliphatic rings. The molecule has 0 aromatic heterocycles. The van der Waals surface area contributed by atoms with Gasteiger partial charge in [0.15, 0.2) is 0 Å². The van der Waals surface area contributed by atoms with Crippen molar-refractivity contribution in [2.24, 2.45) is 0 Å². The van der Waals surface area contributed by atoms with Gasteiger partial charge in [-0.1, -0.05) is 18.7 Å². The molecular formula is C11H14FN. The Balaban J connectivity index is 2.68. The largest absolute Gasteiger partial charge is 0.385 e. The maximum Gasteiger partial charge on any atom is 0.126 e. The topological polar surface area (TPSA) is 12.0 Å². The molecule has 0 amide bonds. The van der Waals surface area contributed by atoms with Crippen LogP contribution in [-0.4, -0.2) is 0 Å². The van der Waals surface area contributed by atoms with Crippen LogP contribution in [0.15, 0.2) is 30.5 Å². The molecule has 0 fully saturated rings. The maximum atomic E-state index is 13.1. The zero-order valence-corrected chi connectivity index (χ0v) is 8.02. The van der Waals surface area contributed by atoms with Crippen LogP contribution in [0.25, 0.3) is 0 Å². The Morgan fingerprint density at radius 1 is 1.54 bits per heavy atom. The van der Waals surface area contributed by atoms with Crippen molar-refractivity contribution in [3.63, 3.8) is 0 Å². The van der Waals surface area contributed by atoms with Gasteiger partial charge in [-0.15, -0.1) is 0 Å². The molecule has 1 aromatic rings. The third-order valence-electron chi connectivity index (χ3n) is 1.83. The summed E-state index contributed by atoms with van der Waals surface area (Å²) in [6, 6.07) is 5.24. The summed E-state index contributed by atoms with van der Waals surface area (Å²) >= 11 is 0. The number of nitrogens with one attached hydrogen (secondary N) is 1. The molecule has 0 radical (unpaired) electrons. The minimum Gasteiger partial charge on any atom is -0.385 e. The number of rotatable bonds is 3. The number of aryl methyl sites for hydroxylation is 1. The number of halogens is 1. The van der Waals surface area contributed by atoms with E-state index >= 15 is 0 Å². The number of allylic oxidation sites excluding steroid dienone is 1. The van der Waals surface area contributed by atoms with Gasteiger partial charge in [-0.25, -0.2) is 4.39 Å². The Labute approximate surface area is 78.3 Å². The molecular weight excluding hydrogens is 165 g/mol. The van der Waals surface area contributed by atoms with Gasteiger partial charge in [-0.3, -0.25) is 0 Å². The van der Waals surface area contributed by atoms with Crippen LogP contribution >= 0.6 is 0 Å². The Morgan fingerprint density at radius 3 is 2.77 bits per heavy atom. The molecule has 0 heterocycles. The number of hydrogen-bond acceptors (Lipinski definition) is 1.